The Labute approximate surface area is 101 Å². The first-order valence-corrected chi connectivity index (χ1v) is 5.95. The van der Waals surface area contributed by atoms with Crippen molar-refractivity contribution in [1.82, 2.24) is 0 Å². The summed E-state index contributed by atoms with van der Waals surface area (Å²) in [5.41, 5.74) is 0.256. The van der Waals surface area contributed by atoms with Gasteiger partial charge in [0, 0.05) is 17.6 Å². The molecule has 1 heterocycles. The van der Waals surface area contributed by atoms with Crippen LogP contribution in [0.3, 0.4) is 0 Å². The number of benzene rings is 1. The Morgan fingerprint density at radius 3 is 2.50 bits per heavy atom. The number of rotatable bonds is 1. The van der Waals surface area contributed by atoms with Crippen molar-refractivity contribution in [3.63, 3.8) is 0 Å². The Kier molecular flexibility index (Phi) is 3.44. The number of nitrogens with zero attached hydrogens (tertiary/aromatic N) is 1. The van der Waals surface area contributed by atoms with Gasteiger partial charge in [-0.05, 0) is 40.9 Å². The lowest BCUT2D eigenvalue weighted by Gasteiger charge is -2.32. The Balaban J connectivity index is 2.29. The van der Waals surface area contributed by atoms with Gasteiger partial charge in [0.25, 0.3) is 0 Å². The molecule has 0 bridgehead atoms. The average molecular weight is 292 g/mol. The third-order valence-electron chi connectivity index (χ3n) is 2.80. The zero-order valence-corrected chi connectivity index (χ0v) is 10.2. The second-order valence-electron chi connectivity index (χ2n) is 3.91. The average Bonchev–Trinajstić information content (AvgIpc) is 2.27. The minimum absolute atomic E-state index is 0.256. The Morgan fingerprint density at radius 1 is 1.25 bits per heavy atom. The van der Waals surface area contributed by atoms with Crippen LogP contribution in [0.15, 0.2) is 16.6 Å². The van der Waals surface area contributed by atoms with Crippen LogP contribution in [0.2, 0.25) is 0 Å². The van der Waals surface area contributed by atoms with E-state index in [0.29, 0.717) is 30.4 Å². The molecule has 0 aliphatic carbocycles. The van der Waals surface area contributed by atoms with Gasteiger partial charge in [0.2, 0.25) is 0 Å². The van der Waals surface area contributed by atoms with E-state index in [-0.39, 0.29) is 11.8 Å². The van der Waals surface area contributed by atoms with Gasteiger partial charge in [-0.15, -0.1) is 0 Å². The summed E-state index contributed by atoms with van der Waals surface area (Å²) in [7, 11) is 0. The molecule has 0 amide bonds. The molecule has 0 atom stereocenters. The molecule has 0 saturated carbocycles. The number of anilines is 1. The van der Waals surface area contributed by atoms with Crippen molar-refractivity contribution >= 4 is 21.6 Å². The second kappa shape index (κ2) is 4.67. The minimum atomic E-state index is -0.843. The monoisotopic (exact) mass is 291 g/mol. The molecule has 1 aromatic carbocycles. The summed E-state index contributed by atoms with van der Waals surface area (Å²) < 4.78 is 27.3. The van der Waals surface area contributed by atoms with Crippen LogP contribution in [0, 0.1) is 11.6 Å². The Morgan fingerprint density at radius 2 is 1.88 bits per heavy atom. The smallest absolute Gasteiger partial charge is 0.183 e. The fraction of sp³-hybridized carbons (Fsp3) is 0.455. The maximum Gasteiger partial charge on any atom is 0.183 e. The molecule has 2 nitrogen and oxygen atoms in total. The summed E-state index contributed by atoms with van der Waals surface area (Å²) >= 11 is 3.22. The number of aliphatic hydroxyl groups excluding tert-OH is 1. The van der Waals surface area contributed by atoms with Crippen LogP contribution in [0.25, 0.3) is 0 Å². The topological polar surface area (TPSA) is 23.5 Å². The van der Waals surface area contributed by atoms with E-state index in [1.54, 1.807) is 4.90 Å². The SMILES string of the molecule is OC1CCN(c2c(Br)ccc(F)c2F)CC1. The van der Waals surface area contributed by atoms with E-state index in [4.69, 9.17) is 0 Å². The van der Waals surface area contributed by atoms with Gasteiger partial charge in [-0.2, -0.15) is 0 Å². The van der Waals surface area contributed by atoms with Crippen molar-refractivity contribution in [2.24, 2.45) is 0 Å². The molecular weight excluding hydrogens is 280 g/mol. The molecule has 0 aromatic heterocycles. The van der Waals surface area contributed by atoms with Crippen molar-refractivity contribution in [2.45, 2.75) is 18.9 Å². The second-order valence-corrected chi connectivity index (χ2v) is 4.76. The molecular formula is C11H12BrF2NO. The molecule has 1 fully saturated rings. The molecule has 1 aromatic rings. The lowest BCUT2D eigenvalue weighted by molar-refractivity contribution is 0.145. The van der Waals surface area contributed by atoms with Gasteiger partial charge in [-0.1, -0.05) is 0 Å². The summed E-state index contributed by atoms with van der Waals surface area (Å²) in [6, 6.07) is 2.60. The highest BCUT2D eigenvalue weighted by Gasteiger charge is 2.23. The predicted octanol–water partition coefficient (Wildman–Crippen LogP) is 2.69. The molecule has 1 aliphatic heterocycles. The summed E-state index contributed by atoms with van der Waals surface area (Å²) in [4.78, 5) is 1.76. The lowest BCUT2D eigenvalue weighted by Crippen LogP contribution is -2.36. The van der Waals surface area contributed by atoms with Crippen molar-refractivity contribution < 1.29 is 13.9 Å². The van der Waals surface area contributed by atoms with E-state index < -0.39 is 11.6 Å². The Hall–Kier alpha value is -0.680. The molecule has 1 N–H and O–H groups in total. The van der Waals surface area contributed by atoms with Crippen molar-refractivity contribution in [2.75, 3.05) is 18.0 Å². The molecule has 2 rings (SSSR count). The number of halogens is 3. The van der Waals surface area contributed by atoms with Crippen LogP contribution < -0.4 is 4.90 Å². The first-order chi connectivity index (χ1) is 7.59. The summed E-state index contributed by atoms with van der Waals surface area (Å²) in [5, 5.41) is 9.36. The molecule has 0 unspecified atom stereocenters. The number of hydrogen-bond donors (Lipinski definition) is 1. The maximum atomic E-state index is 13.6. The fourth-order valence-electron chi connectivity index (χ4n) is 1.90. The third kappa shape index (κ3) is 2.20. The molecule has 0 spiro atoms. The number of hydrogen-bond acceptors (Lipinski definition) is 2. The van der Waals surface area contributed by atoms with E-state index >= 15 is 0 Å². The van der Waals surface area contributed by atoms with Gasteiger partial charge >= 0.3 is 0 Å². The van der Waals surface area contributed by atoms with Crippen LogP contribution in [-0.4, -0.2) is 24.3 Å². The number of aliphatic hydroxyl groups is 1. The predicted molar refractivity (Wildman–Crippen MR) is 61.5 cm³/mol. The fourth-order valence-corrected chi connectivity index (χ4v) is 2.45. The molecule has 1 aliphatic rings. The van der Waals surface area contributed by atoms with Gasteiger partial charge in [0.05, 0.1) is 11.8 Å². The molecule has 1 saturated heterocycles. The van der Waals surface area contributed by atoms with Gasteiger partial charge in [-0.25, -0.2) is 8.78 Å². The van der Waals surface area contributed by atoms with Crippen LogP contribution in [0.1, 0.15) is 12.8 Å². The first kappa shape index (κ1) is 11.8. The van der Waals surface area contributed by atoms with Crippen LogP contribution in [0.4, 0.5) is 14.5 Å². The summed E-state index contributed by atoms with van der Waals surface area (Å²) in [5.74, 6) is -1.67. The van der Waals surface area contributed by atoms with E-state index in [1.807, 2.05) is 0 Å². The largest absolute Gasteiger partial charge is 0.393 e. The molecule has 0 radical (unpaired) electrons. The first-order valence-electron chi connectivity index (χ1n) is 5.16. The molecule has 16 heavy (non-hydrogen) atoms. The van der Waals surface area contributed by atoms with Crippen molar-refractivity contribution in [3.8, 4) is 0 Å². The van der Waals surface area contributed by atoms with Gasteiger partial charge in [0.1, 0.15) is 0 Å². The zero-order chi connectivity index (χ0) is 11.7. The van der Waals surface area contributed by atoms with Crippen molar-refractivity contribution in [3.05, 3.63) is 28.2 Å². The quantitative estimate of drug-likeness (QED) is 0.804. The van der Waals surface area contributed by atoms with E-state index in [2.05, 4.69) is 15.9 Å². The minimum Gasteiger partial charge on any atom is -0.393 e. The Bertz CT molecular complexity index is 392. The number of piperidine rings is 1. The van der Waals surface area contributed by atoms with E-state index in [9.17, 15) is 13.9 Å². The highest BCUT2D eigenvalue weighted by molar-refractivity contribution is 9.10. The van der Waals surface area contributed by atoms with Gasteiger partial charge in [0.15, 0.2) is 11.6 Å². The van der Waals surface area contributed by atoms with Crippen molar-refractivity contribution in [1.29, 1.82) is 0 Å². The lowest BCUT2D eigenvalue weighted by atomic mass is 10.1. The zero-order valence-electron chi connectivity index (χ0n) is 8.59. The van der Waals surface area contributed by atoms with E-state index in [0.717, 1.165) is 6.07 Å². The standard InChI is InChI=1S/C11H12BrF2NO/c12-8-1-2-9(13)10(14)11(8)15-5-3-7(16)4-6-15/h1-2,7,16H,3-6H2. The highest BCUT2D eigenvalue weighted by Crippen LogP contribution is 2.32. The summed E-state index contributed by atoms with van der Waals surface area (Å²) in [6.45, 7) is 1.08. The molecule has 5 heteroatoms. The maximum absolute atomic E-state index is 13.6. The summed E-state index contributed by atoms with van der Waals surface area (Å²) in [6.07, 6.45) is 0.844. The van der Waals surface area contributed by atoms with E-state index in [1.165, 1.54) is 6.07 Å². The van der Waals surface area contributed by atoms with Crippen LogP contribution >= 0.6 is 15.9 Å². The normalized spacial score (nSPS) is 17.9. The van der Waals surface area contributed by atoms with Crippen LogP contribution in [0.5, 0.6) is 0 Å². The highest BCUT2D eigenvalue weighted by atomic mass is 79.9. The van der Waals surface area contributed by atoms with Crippen LogP contribution in [-0.2, 0) is 0 Å². The van der Waals surface area contributed by atoms with Gasteiger partial charge in [-0.3, -0.25) is 0 Å². The molecule has 88 valence electrons. The third-order valence-corrected chi connectivity index (χ3v) is 3.44. The van der Waals surface area contributed by atoms with Gasteiger partial charge < -0.3 is 10.0 Å².